The first-order valence-electron chi connectivity index (χ1n) is 6.87. The zero-order valence-corrected chi connectivity index (χ0v) is 11.8. The predicted octanol–water partition coefficient (Wildman–Crippen LogP) is 2.11. The number of thioether (sulfide) groups is 1. The van der Waals surface area contributed by atoms with Crippen molar-refractivity contribution in [1.29, 1.82) is 0 Å². The Labute approximate surface area is 117 Å². The van der Waals surface area contributed by atoms with Crippen molar-refractivity contribution in [3.63, 3.8) is 0 Å². The van der Waals surface area contributed by atoms with Crippen molar-refractivity contribution in [2.45, 2.75) is 25.8 Å². The van der Waals surface area contributed by atoms with Gasteiger partial charge in [-0.3, -0.25) is 0 Å². The van der Waals surface area contributed by atoms with Gasteiger partial charge in [0.1, 0.15) is 11.3 Å². The molecule has 0 saturated carbocycles. The summed E-state index contributed by atoms with van der Waals surface area (Å²) >= 11 is 2.05. The quantitative estimate of drug-likeness (QED) is 0.930. The van der Waals surface area contributed by atoms with Gasteiger partial charge in [-0.2, -0.15) is 11.8 Å². The Hall–Kier alpha value is -1.07. The maximum atomic E-state index is 9.20. The third-order valence-electron chi connectivity index (χ3n) is 3.70. The van der Waals surface area contributed by atoms with Gasteiger partial charge in [0.05, 0.1) is 6.61 Å². The largest absolute Gasteiger partial charge is 0.396 e. The summed E-state index contributed by atoms with van der Waals surface area (Å²) in [6.45, 7) is 1.13. The molecule has 3 heterocycles. The summed E-state index contributed by atoms with van der Waals surface area (Å²) in [6, 6.07) is 3.91. The molecule has 0 aromatic carbocycles. The van der Waals surface area contributed by atoms with Crippen LogP contribution in [0.3, 0.4) is 0 Å². The fourth-order valence-electron chi connectivity index (χ4n) is 2.68. The summed E-state index contributed by atoms with van der Waals surface area (Å²) in [5.74, 6) is 4.22. The molecule has 2 aromatic rings. The second kappa shape index (κ2) is 5.92. The van der Waals surface area contributed by atoms with Gasteiger partial charge in [-0.15, -0.1) is 0 Å². The number of aliphatic hydroxyl groups excluding tert-OH is 1. The summed E-state index contributed by atoms with van der Waals surface area (Å²) < 4.78 is 2.21. The van der Waals surface area contributed by atoms with Crippen LogP contribution in [-0.2, 0) is 13.0 Å². The van der Waals surface area contributed by atoms with E-state index in [-0.39, 0.29) is 6.61 Å². The molecular formula is C14H19N3OS. The minimum atomic E-state index is 0.143. The third-order valence-corrected chi connectivity index (χ3v) is 4.75. The van der Waals surface area contributed by atoms with Crippen LogP contribution in [0.1, 0.15) is 18.7 Å². The number of pyridine rings is 1. The van der Waals surface area contributed by atoms with Gasteiger partial charge in [0.15, 0.2) is 5.65 Å². The van der Waals surface area contributed by atoms with E-state index in [0.29, 0.717) is 6.42 Å². The number of nitrogens with zero attached hydrogens (tertiary/aromatic N) is 3. The van der Waals surface area contributed by atoms with Crippen LogP contribution in [0.15, 0.2) is 18.3 Å². The molecule has 19 heavy (non-hydrogen) atoms. The summed E-state index contributed by atoms with van der Waals surface area (Å²) in [6.07, 6.45) is 4.98. The third kappa shape index (κ3) is 2.77. The van der Waals surface area contributed by atoms with Gasteiger partial charge < -0.3 is 9.67 Å². The molecule has 1 aliphatic rings. The second-order valence-electron chi connectivity index (χ2n) is 5.01. The summed E-state index contributed by atoms with van der Waals surface area (Å²) in [4.78, 5) is 9.07. The first kappa shape index (κ1) is 12.9. The molecule has 102 valence electrons. The van der Waals surface area contributed by atoms with E-state index in [1.54, 1.807) is 0 Å². The molecule has 1 saturated heterocycles. The lowest BCUT2D eigenvalue weighted by Gasteiger charge is -2.22. The number of rotatable bonds is 4. The summed E-state index contributed by atoms with van der Waals surface area (Å²) in [5, 5.41) is 9.20. The molecule has 0 aliphatic carbocycles. The van der Waals surface area contributed by atoms with E-state index in [1.807, 2.05) is 30.1 Å². The molecule has 0 bridgehead atoms. The number of fused-ring (bicyclic) bond motifs is 1. The lowest BCUT2D eigenvalue weighted by molar-refractivity contribution is 0.292. The molecule has 4 nitrogen and oxygen atoms in total. The summed E-state index contributed by atoms with van der Waals surface area (Å²) in [5.41, 5.74) is 1.90. The van der Waals surface area contributed by atoms with Gasteiger partial charge in [-0.05, 0) is 42.4 Å². The number of imidazole rings is 1. The lowest BCUT2D eigenvalue weighted by Crippen LogP contribution is -2.18. The van der Waals surface area contributed by atoms with Crippen LogP contribution in [0.25, 0.3) is 11.2 Å². The molecule has 0 atom stereocenters. The second-order valence-corrected chi connectivity index (χ2v) is 6.24. The van der Waals surface area contributed by atoms with E-state index in [9.17, 15) is 5.11 Å². The van der Waals surface area contributed by atoms with Gasteiger partial charge >= 0.3 is 0 Å². The molecule has 5 heteroatoms. The molecule has 3 rings (SSSR count). The van der Waals surface area contributed by atoms with E-state index >= 15 is 0 Å². The van der Waals surface area contributed by atoms with Gasteiger partial charge in [0.2, 0.25) is 0 Å². The van der Waals surface area contributed by atoms with E-state index in [2.05, 4.69) is 14.5 Å². The van der Waals surface area contributed by atoms with Crippen LogP contribution in [0.2, 0.25) is 0 Å². The molecule has 1 N–H and O–H groups in total. The monoisotopic (exact) mass is 277 g/mol. The van der Waals surface area contributed by atoms with Crippen molar-refractivity contribution in [2.75, 3.05) is 18.1 Å². The van der Waals surface area contributed by atoms with Crippen molar-refractivity contribution in [1.82, 2.24) is 14.5 Å². The fourth-order valence-corrected chi connectivity index (χ4v) is 3.88. The highest BCUT2D eigenvalue weighted by Gasteiger charge is 2.18. The highest BCUT2D eigenvalue weighted by molar-refractivity contribution is 7.99. The maximum absolute atomic E-state index is 9.20. The lowest BCUT2D eigenvalue weighted by atomic mass is 10.0. The van der Waals surface area contributed by atoms with Crippen LogP contribution in [0.4, 0.5) is 0 Å². The minimum absolute atomic E-state index is 0.143. The highest BCUT2D eigenvalue weighted by atomic mass is 32.2. The Morgan fingerprint density at radius 1 is 1.37 bits per heavy atom. The van der Waals surface area contributed by atoms with Crippen LogP contribution in [-0.4, -0.2) is 37.8 Å². The van der Waals surface area contributed by atoms with Gasteiger partial charge in [0.25, 0.3) is 0 Å². The number of hydrogen-bond donors (Lipinski definition) is 1. The van der Waals surface area contributed by atoms with Crippen LogP contribution < -0.4 is 0 Å². The number of aliphatic hydroxyl groups is 1. The normalized spacial score (nSPS) is 17.1. The smallest absolute Gasteiger partial charge is 0.159 e. The van der Waals surface area contributed by atoms with Gasteiger partial charge in [0, 0.05) is 19.2 Å². The van der Waals surface area contributed by atoms with Gasteiger partial charge in [-0.25, -0.2) is 9.97 Å². The molecule has 0 radical (unpaired) electrons. The molecule has 1 aliphatic heterocycles. The zero-order valence-electron chi connectivity index (χ0n) is 11.0. The molecule has 1 fully saturated rings. The number of aromatic nitrogens is 3. The Balaban J connectivity index is 1.92. The van der Waals surface area contributed by atoms with Crippen molar-refractivity contribution < 1.29 is 5.11 Å². The first-order valence-corrected chi connectivity index (χ1v) is 8.02. The van der Waals surface area contributed by atoms with E-state index < -0.39 is 0 Å². The Morgan fingerprint density at radius 3 is 3.00 bits per heavy atom. The molecule has 0 amide bonds. The van der Waals surface area contributed by atoms with Crippen molar-refractivity contribution >= 4 is 22.9 Å². The van der Waals surface area contributed by atoms with Crippen molar-refractivity contribution in [3.8, 4) is 0 Å². The Kier molecular flexibility index (Phi) is 4.03. The maximum Gasteiger partial charge on any atom is 0.159 e. The van der Waals surface area contributed by atoms with Crippen LogP contribution in [0.5, 0.6) is 0 Å². The topological polar surface area (TPSA) is 50.9 Å². The Morgan fingerprint density at radius 2 is 2.21 bits per heavy atom. The van der Waals surface area contributed by atoms with Crippen molar-refractivity contribution in [2.24, 2.45) is 5.92 Å². The molecular weight excluding hydrogens is 258 g/mol. The minimum Gasteiger partial charge on any atom is -0.396 e. The van der Waals surface area contributed by atoms with E-state index in [1.165, 1.54) is 24.3 Å². The Bertz CT molecular complexity index is 549. The first-order chi connectivity index (χ1) is 9.38. The molecule has 0 unspecified atom stereocenters. The van der Waals surface area contributed by atoms with Gasteiger partial charge in [-0.1, -0.05) is 0 Å². The average Bonchev–Trinajstić information content (AvgIpc) is 2.79. The van der Waals surface area contributed by atoms with Crippen LogP contribution >= 0.6 is 11.8 Å². The number of hydrogen-bond acceptors (Lipinski definition) is 4. The molecule has 0 spiro atoms. The van der Waals surface area contributed by atoms with Crippen LogP contribution in [0, 0.1) is 5.92 Å². The SMILES string of the molecule is OCCc1nc2cccnc2n1CC1CCSCC1. The fraction of sp³-hybridized carbons (Fsp3) is 0.571. The highest BCUT2D eigenvalue weighted by Crippen LogP contribution is 2.26. The zero-order chi connectivity index (χ0) is 13.1. The predicted molar refractivity (Wildman–Crippen MR) is 78.4 cm³/mol. The molecule has 2 aromatic heterocycles. The van der Waals surface area contributed by atoms with E-state index in [4.69, 9.17) is 0 Å². The van der Waals surface area contributed by atoms with E-state index in [0.717, 1.165) is 29.5 Å². The standard InChI is InChI=1S/C14H19N3OS/c18-7-3-13-16-12-2-1-6-15-14(12)17(13)10-11-4-8-19-9-5-11/h1-2,6,11,18H,3-5,7-10H2. The van der Waals surface area contributed by atoms with Crippen molar-refractivity contribution in [3.05, 3.63) is 24.2 Å². The summed E-state index contributed by atoms with van der Waals surface area (Å²) in [7, 11) is 0. The average molecular weight is 277 g/mol.